The van der Waals surface area contributed by atoms with Crippen LogP contribution in [0.1, 0.15) is 11.1 Å². The maximum absolute atomic E-state index is 13.3. The molecule has 4 amide bonds. The van der Waals surface area contributed by atoms with Crippen LogP contribution in [0, 0.1) is 15.9 Å². The summed E-state index contributed by atoms with van der Waals surface area (Å²) in [6.45, 7) is 0.130. The Morgan fingerprint density at radius 3 is 2.19 bits per heavy atom. The molecule has 1 N–H and O–H groups in total. The molecular weight excluding hydrogens is 605 g/mol. The van der Waals surface area contributed by atoms with Crippen LogP contribution in [0.25, 0.3) is 6.08 Å². The number of nitro groups is 1. The Morgan fingerprint density at radius 2 is 1.61 bits per heavy atom. The van der Waals surface area contributed by atoms with E-state index in [-0.39, 0.29) is 23.6 Å². The van der Waals surface area contributed by atoms with E-state index in [1.54, 1.807) is 24.3 Å². The lowest BCUT2D eigenvalue weighted by Gasteiger charge is -2.26. The van der Waals surface area contributed by atoms with Crippen molar-refractivity contribution in [3.8, 4) is 5.75 Å². The second kappa shape index (κ2) is 10.4. The minimum atomic E-state index is -0.939. The Hall–Kier alpha value is -3.90. The molecule has 0 unspecified atom stereocenters. The number of carbonyl (C=O) groups excluding carboxylic acids is 3. The summed E-state index contributed by atoms with van der Waals surface area (Å²) in [5, 5.41) is 12.9. The molecule has 1 fully saturated rings. The number of nitro benzene ring substituents is 1. The average Bonchev–Trinajstić information content (AvgIpc) is 2.82. The van der Waals surface area contributed by atoms with Crippen LogP contribution in [0.4, 0.5) is 20.6 Å². The Balaban J connectivity index is 1.57. The van der Waals surface area contributed by atoms with Gasteiger partial charge in [0.15, 0.2) is 0 Å². The highest BCUT2D eigenvalue weighted by Crippen LogP contribution is 2.36. The first kappa shape index (κ1) is 25.2. The molecule has 12 heteroatoms. The van der Waals surface area contributed by atoms with Crippen LogP contribution in [-0.2, 0) is 16.2 Å². The lowest BCUT2D eigenvalue weighted by atomic mass is 10.1. The van der Waals surface area contributed by atoms with E-state index in [0.717, 1.165) is 17.0 Å². The highest BCUT2D eigenvalue weighted by atomic mass is 79.9. The Kier molecular flexibility index (Phi) is 7.27. The lowest BCUT2D eigenvalue weighted by molar-refractivity contribution is -0.384. The fraction of sp³-hybridized carbons (Fsp3) is 0.0417. The van der Waals surface area contributed by atoms with Crippen molar-refractivity contribution in [3.05, 3.63) is 102 Å². The number of urea groups is 1. The van der Waals surface area contributed by atoms with Gasteiger partial charge < -0.3 is 4.74 Å². The minimum Gasteiger partial charge on any atom is -0.487 e. The fourth-order valence-electron chi connectivity index (χ4n) is 3.32. The van der Waals surface area contributed by atoms with Gasteiger partial charge in [-0.1, -0.05) is 0 Å². The molecule has 0 aromatic heterocycles. The first-order valence-corrected chi connectivity index (χ1v) is 11.7. The third-order valence-corrected chi connectivity index (χ3v) is 6.23. The first-order chi connectivity index (χ1) is 17.1. The highest BCUT2D eigenvalue weighted by molar-refractivity contribution is 9.11. The second-order valence-corrected chi connectivity index (χ2v) is 9.17. The van der Waals surface area contributed by atoms with E-state index in [9.17, 15) is 28.9 Å². The van der Waals surface area contributed by atoms with E-state index in [1.807, 2.05) is 0 Å². The second-order valence-electron chi connectivity index (χ2n) is 7.46. The van der Waals surface area contributed by atoms with Gasteiger partial charge in [0.05, 0.1) is 19.6 Å². The molecule has 182 valence electrons. The van der Waals surface area contributed by atoms with Crippen LogP contribution in [0.2, 0.25) is 0 Å². The molecule has 0 atom stereocenters. The maximum atomic E-state index is 13.3. The molecule has 3 aromatic carbocycles. The number of non-ortho nitro benzene ring substituents is 1. The summed E-state index contributed by atoms with van der Waals surface area (Å²) in [6.07, 6.45) is 1.32. The molecule has 3 aromatic rings. The van der Waals surface area contributed by atoms with Crippen LogP contribution < -0.4 is 15.0 Å². The smallest absolute Gasteiger partial charge is 0.335 e. The predicted molar refractivity (Wildman–Crippen MR) is 135 cm³/mol. The van der Waals surface area contributed by atoms with Gasteiger partial charge in [-0.25, -0.2) is 14.1 Å². The summed E-state index contributed by atoms with van der Waals surface area (Å²) in [6, 6.07) is 12.9. The van der Waals surface area contributed by atoms with Crippen molar-refractivity contribution in [1.82, 2.24) is 5.32 Å². The summed E-state index contributed by atoms with van der Waals surface area (Å²) in [7, 11) is 0. The molecule has 0 bridgehead atoms. The number of nitrogens with one attached hydrogen (secondary N) is 1. The van der Waals surface area contributed by atoms with E-state index >= 15 is 0 Å². The average molecular weight is 619 g/mol. The van der Waals surface area contributed by atoms with E-state index < -0.39 is 28.6 Å². The number of amides is 4. The van der Waals surface area contributed by atoms with Crippen molar-refractivity contribution in [2.24, 2.45) is 0 Å². The Morgan fingerprint density at radius 1 is 1.00 bits per heavy atom. The molecule has 1 saturated heterocycles. The lowest BCUT2D eigenvalue weighted by Crippen LogP contribution is -2.54. The quantitative estimate of drug-likeness (QED) is 0.169. The number of halogens is 3. The van der Waals surface area contributed by atoms with Crippen LogP contribution in [0.15, 0.2) is 75.2 Å². The summed E-state index contributed by atoms with van der Waals surface area (Å²) >= 11 is 6.81. The number of benzene rings is 3. The third-order valence-electron chi connectivity index (χ3n) is 5.05. The van der Waals surface area contributed by atoms with Gasteiger partial charge in [0.1, 0.15) is 23.7 Å². The summed E-state index contributed by atoms with van der Waals surface area (Å²) in [5.41, 5.74) is 0.940. The zero-order valence-electron chi connectivity index (χ0n) is 18.0. The predicted octanol–water partition coefficient (Wildman–Crippen LogP) is 5.50. The van der Waals surface area contributed by atoms with Gasteiger partial charge in [-0.2, -0.15) is 0 Å². The SMILES string of the molecule is O=C1NC(=O)N(c2ccc(F)cc2)C(=O)/C1=C/c1cc(Br)c(OCc2ccc([N+](=O)[O-])cc2)c(Br)c1. The van der Waals surface area contributed by atoms with E-state index in [4.69, 9.17) is 4.74 Å². The Bertz CT molecular complexity index is 1400. The number of ether oxygens (including phenoxy) is 1. The van der Waals surface area contributed by atoms with E-state index in [0.29, 0.717) is 25.8 Å². The van der Waals surface area contributed by atoms with Gasteiger partial charge in [0, 0.05) is 12.1 Å². The van der Waals surface area contributed by atoms with Gasteiger partial charge in [-0.3, -0.25) is 25.0 Å². The van der Waals surface area contributed by atoms with Gasteiger partial charge in [0.25, 0.3) is 17.5 Å². The number of hydrogen-bond acceptors (Lipinski definition) is 6. The Labute approximate surface area is 220 Å². The highest BCUT2D eigenvalue weighted by Gasteiger charge is 2.36. The number of hydrogen-bond donors (Lipinski definition) is 1. The number of carbonyl (C=O) groups is 3. The number of rotatable bonds is 6. The van der Waals surface area contributed by atoms with Crippen LogP contribution >= 0.6 is 31.9 Å². The number of nitrogens with zero attached hydrogens (tertiary/aromatic N) is 2. The van der Waals surface area contributed by atoms with Crippen molar-refractivity contribution in [1.29, 1.82) is 0 Å². The zero-order chi connectivity index (χ0) is 26.0. The zero-order valence-corrected chi connectivity index (χ0v) is 21.2. The summed E-state index contributed by atoms with van der Waals surface area (Å²) in [5.74, 6) is -1.84. The van der Waals surface area contributed by atoms with Crippen molar-refractivity contribution >= 4 is 67.2 Å². The number of barbiturate groups is 1. The van der Waals surface area contributed by atoms with Crippen molar-refractivity contribution in [3.63, 3.8) is 0 Å². The summed E-state index contributed by atoms with van der Waals surface area (Å²) < 4.78 is 20.1. The normalized spacial score (nSPS) is 14.7. The fourth-order valence-corrected chi connectivity index (χ4v) is 4.77. The van der Waals surface area contributed by atoms with Gasteiger partial charge >= 0.3 is 6.03 Å². The van der Waals surface area contributed by atoms with Crippen molar-refractivity contribution in [2.75, 3.05) is 4.90 Å². The molecule has 0 saturated carbocycles. The first-order valence-electron chi connectivity index (χ1n) is 10.2. The van der Waals surface area contributed by atoms with Gasteiger partial charge in [-0.15, -0.1) is 0 Å². The topological polar surface area (TPSA) is 119 Å². The van der Waals surface area contributed by atoms with Crippen LogP contribution in [0.3, 0.4) is 0 Å². The molecule has 9 nitrogen and oxygen atoms in total. The van der Waals surface area contributed by atoms with E-state index in [1.165, 1.54) is 30.3 Å². The van der Waals surface area contributed by atoms with Gasteiger partial charge in [-0.05, 0) is 97.6 Å². The summed E-state index contributed by atoms with van der Waals surface area (Å²) in [4.78, 5) is 48.7. The number of anilines is 1. The third kappa shape index (κ3) is 5.34. The molecule has 0 aliphatic carbocycles. The molecule has 1 heterocycles. The van der Waals surface area contributed by atoms with Crippen LogP contribution in [0.5, 0.6) is 5.75 Å². The van der Waals surface area contributed by atoms with Gasteiger partial charge in [0.2, 0.25) is 0 Å². The molecule has 4 rings (SSSR count). The molecular formula is C24H14Br2FN3O6. The molecule has 1 aliphatic rings. The molecule has 1 aliphatic heterocycles. The largest absolute Gasteiger partial charge is 0.487 e. The molecule has 0 spiro atoms. The monoisotopic (exact) mass is 617 g/mol. The van der Waals surface area contributed by atoms with Crippen LogP contribution in [-0.4, -0.2) is 22.8 Å². The number of imide groups is 2. The molecule has 0 radical (unpaired) electrons. The molecule has 36 heavy (non-hydrogen) atoms. The van der Waals surface area contributed by atoms with E-state index in [2.05, 4.69) is 37.2 Å². The standard InChI is InChI=1S/C24H14Br2FN3O6/c25-19-10-14(11-20(26)21(19)36-12-13-1-5-17(6-2-13)30(34)35)9-18-22(31)28-24(33)29(23(18)32)16-7-3-15(27)4-8-16/h1-11H,12H2,(H,28,31,33)/b18-9+. The van der Waals surface area contributed by atoms with Crippen molar-refractivity contribution in [2.45, 2.75) is 6.61 Å². The van der Waals surface area contributed by atoms with Crippen molar-refractivity contribution < 1.29 is 28.4 Å². The minimum absolute atomic E-state index is 0.0282. The maximum Gasteiger partial charge on any atom is 0.335 e.